The van der Waals surface area contributed by atoms with E-state index in [-0.39, 0.29) is 24.0 Å². The Morgan fingerprint density at radius 2 is 1.95 bits per heavy atom. The quantitative estimate of drug-likeness (QED) is 0.846. The van der Waals surface area contributed by atoms with Crippen molar-refractivity contribution in [1.82, 2.24) is 5.32 Å². The lowest BCUT2D eigenvalue weighted by Gasteiger charge is -2.27. The average Bonchev–Trinajstić information content (AvgIpc) is 2.50. The van der Waals surface area contributed by atoms with E-state index in [9.17, 15) is 9.90 Å². The van der Waals surface area contributed by atoms with Crippen LogP contribution in [0.2, 0.25) is 0 Å². The highest BCUT2D eigenvalue weighted by Gasteiger charge is 2.22. The molecule has 116 valence electrons. The molecule has 1 amide bonds. The molecule has 1 saturated carbocycles. The number of rotatable bonds is 6. The summed E-state index contributed by atoms with van der Waals surface area (Å²) in [5.41, 5.74) is 0. The van der Waals surface area contributed by atoms with Crippen LogP contribution < -0.4 is 10.1 Å². The van der Waals surface area contributed by atoms with Crippen LogP contribution in [0.4, 0.5) is 0 Å². The fourth-order valence-corrected chi connectivity index (χ4v) is 2.56. The Bertz CT molecular complexity index is 427. The summed E-state index contributed by atoms with van der Waals surface area (Å²) in [6.45, 7) is 2.48. The van der Waals surface area contributed by atoms with Crippen molar-refractivity contribution >= 4 is 5.91 Å². The van der Waals surface area contributed by atoms with Gasteiger partial charge in [-0.05, 0) is 44.2 Å². The summed E-state index contributed by atoms with van der Waals surface area (Å²) in [4.78, 5) is 12.1. The number of hydrogen-bond donors (Lipinski definition) is 2. The number of carbonyl (C=O) groups excluding carboxylic acids is 1. The molecule has 0 spiro atoms. The topological polar surface area (TPSA) is 58.6 Å². The lowest BCUT2D eigenvalue weighted by atomic mass is 9.92. The van der Waals surface area contributed by atoms with Crippen LogP contribution in [-0.2, 0) is 4.79 Å². The molecule has 21 heavy (non-hydrogen) atoms. The number of nitrogens with one attached hydrogen (secondary N) is 1. The monoisotopic (exact) mass is 291 g/mol. The van der Waals surface area contributed by atoms with E-state index in [2.05, 4.69) is 5.32 Å². The molecule has 1 aromatic carbocycles. The van der Waals surface area contributed by atoms with Crippen LogP contribution in [0.25, 0.3) is 0 Å². The Hall–Kier alpha value is -1.55. The number of hydrogen-bond acceptors (Lipinski definition) is 3. The molecule has 0 bridgehead atoms. The molecule has 0 radical (unpaired) electrons. The molecule has 4 nitrogen and oxygen atoms in total. The standard InChI is InChI=1S/C17H25NO3/c1-13(11-12-21-16-5-3-2-4-6-16)17(20)18-14-7-9-15(19)10-8-14/h2-6,13-15,19H,7-12H2,1H3,(H,18,20). The van der Waals surface area contributed by atoms with Gasteiger partial charge in [0.15, 0.2) is 0 Å². The molecular weight excluding hydrogens is 266 g/mol. The minimum atomic E-state index is -0.185. The van der Waals surface area contributed by atoms with Gasteiger partial charge in [0.05, 0.1) is 12.7 Å². The number of aliphatic hydroxyl groups is 1. The summed E-state index contributed by atoms with van der Waals surface area (Å²) >= 11 is 0. The fourth-order valence-electron chi connectivity index (χ4n) is 2.56. The number of para-hydroxylation sites is 1. The Balaban J connectivity index is 1.65. The van der Waals surface area contributed by atoms with Gasteiger partial charge < -0.3 is 15.2 Å². The molecule has 4 heteroatoms. The van der Waals surface area contributed by atoms with Crippen LogP contribution in [0, 0.1) is 5.92 Å². The van der Waals surface area contributed by atoms with Gasteiger partial charge in [-0.3, -0.25) is 4.79 Å². The molecule has 2 N–H and O–H groups in total. The van der Waals surface area contributed by atoms with Crippen LogP contribution in [0.1, 0.15) is 39.0 Å². The van der Waals surface area contributed by atoms with Gasteiger partial charge in [0.2, 0.25) is 5.91 Å². The predicted octanol–water partition coefficient (Wildman–Crippen LogP) is 2.51. The highest BCUT2D eigenvalue weighted by Crippen LogP contribution is 2.19. The summed E-state index contributed by atoms with van der Waals surface area (Å²) in [6.07, 6.45) is 3.85. The third kappa shape index (κ3) is 5.38. The van der Waals surface area contributed by atoms with E-state index in [1.54, 1.807) is 0 Å². The smallest absolute Gasteiger partial charge is 0.223 e. The molecule has 0 saturated heterocycles. The number of amides is 1. The Kier molecular flexibility index (Phi) is 6.05. The van der Waals surface area contributed by atoms with E-state index in [0.717, 1.165) is 31.4 Å². The second-order valence-corrected chi connectivity index (χ2v) is 5.87. The van der Waals surface area contributed by atoms with E-state index in [1.165, 1.54) is 0 Å². The molecule has 1 aliphatic rings. The highest BCUT2D eigenvalue weighted by atomic mass is 16.5. The molecule has 1 unspecified atom stereocenters. The summed E-state index contributed by atoms with van der Waals surface area (Å²) in [5, 5.41) is 12.5. The first-order valence-electron chi connectivity index (χ1n) is 7.81. The van der Waals surface area contributed by atoms with Crippen molar-refractivity contribution in [3.63, 3.8) is 0 Å². The maximum atomic E-state index is 12.1. The second kappa shape index (κ2) is 8.03. The van der Waals surface area contributed by atoms with E-state index >= 15 is 0 Å². The van der Waals surface area contributed by atoms with Crippen molar-refractivity contribution in [1.29, 1.82) is 0 Å². The van der Waals surface area contributed by atoms with Gasteiger partial charge in [0.1, 0.15) is 5.75 Å². The first-order chi connectivity index (χ1) is 10.1. The van der Waals surface area contributed by atoms with Crippen LogP contribution in [0.5, 0.6) is 5.75 Å². The number of carbonyl (C=O) groups is 1. The van der Waals surface area contributed by atoms with Gasteiger partial charge in [-0.25, -0.2) is 0 Å². The molecule has 1 aromatic rings. The first kappa shape index (κ1) is 15.8. The third-order valence-electron chi connectivity index (χ3n) is 4.05. The van der Waals surface area contributed by atoms with Crippen molar-refractivity contribution in [3.05, 3.63) is 30.3 Å². The Labute approximate surface area is 126 Å². The zero-order valence-corrected chi connectivity index (χ0v) is 12.6. The largest absolute Gasteiger partial charge is 0.494 e. The zero-order chi connectivity index (χ0) is 15.1. The lowest BCUT2D eigenvalue weighted by Crippen LogP contribution is -2.41. The summed E-state index contributed by atoms with van der Waals surface area (Å²) in [7, 11) is 0. The summed E-state index contributed by atoms with van der Waals surface area (Å²) < 4.78 is 5.62. The normalized spacial score (nSPS) is 23.3. The molecule has 1 fully saturated rings. The van der Waals surface area contributed by atoms with Crippen LogP contribution >= 0.6 is 0 Å². The van der Waals surface area contributed by atoms with Crippen LogP contribution in [0.3, 0.4) is 0 Å². The third-order valence-corrected chi connectivity index (χ3v) is 4.05. The minimum absolute atomic E-state index is 0.0550. The molecule has 2 rings (SSSR count). The molecular formula is C17H25NO3. The van der Waals surface area contributed by atoms with Gasteiger partial charge in [0, 0.05) is 12.0 Å². The number of aliphatic hydroxyl groups excluding tert-OH is 1. The van der Waals surface area contributed by atoms with Gasteiger partial charge in [-0.2, -0.15) is 0 Å². The maximum Gasteiger partial charge on any atom is 0.223 e. The molecule has 1 aliphatic carbocycles. The van der Waals surface area contributed by atoms with Gasteiger partial charge in [-0.1, -0.05) is 25.1 Å². The van der Waals surface area contributed by atoms with Gasteiger partial charge >= 0.3 is 0 Å². The molecule has 0 aromatic heterocycles. The van der Waals surface area contributed by atoms with Crippen LogP contribution in [0.15, 0.2) is 30.3 Å². The van der Waals surface area contributed by atoms with Crippen molar-refractivity contribution in [3.8, 4) is 5.75 Å². The van der Waals surface area contributed by atoms with E-state index < -0.39 is 0 Å². The van der Waals surface area contributed by atoms with Gasteiger partial charge in [0.25, 0.3) is 0 Å². The van der Waals surface area contributed by atoms with Crippen LogP contribution in [-0.4, -0.2) is 29.8 Å². The van der Waals surface area contributed by atoms with Crippen molar-refractivity contribution in [2.24, 2.45) is 5.92 Å². The summed E-state index contributed by atoms with van der Waals surface area (Å²) in [6, 6.07) is 9.87. The molecule has 0 heterocycles. The first-order valence-corrected chi connectivity index (χ1v) is 7.81. The zero-order valence-electron chi connectivity index (χ0n) is 12.6. The van der Waals surface area contributed by atoms with Gasteiger partial charge in [-0.15, -0.1) is 0 Å². The Morgan fingerprint density at radius 3 is 2.62 bits per heavy atom. The van der Waals surface area contributed by atoms with Crippen molar-refractivity contribution < 1.29 is 14.6 Å². The minimum Gasteiger partial charge on any atom is -0.494 e. The predicted molar refractivity (Wildman–Crippen MR) is 82.1 cm³/mol. The maximum absolute atomic E-state index is 12.1. The highest BCUT2D eigenvalue weighted by molar-refractivity contribution is 5.78. The van der Waals surface area contributed by atoms with E-state index in [4.69, 9.17) is 4.74 Å². The number of ether oxygens (including phenoxy) is 1. The lowest BCUT2D eigenvalue weighted by molar-refractivity contribution is -0.126. The fraction of sp³-hybridized carbons (Fsp3) is 0.588. The second-order valence-electron chi connectivity index (χ2n) is 5.87. The van der Waals surface area contributed by atoms with E-state index in [0.29, 0.717) is 13.0 Å². The van der Waals surface area contributed by atoms with Crippen molar-refractivity contribution in [2.45, 2.75) is 51.2 Å². The van der Waals surface area contributed by atoms with Crippen molar-refractivity contribution in [2.75, 3.05) is 6.61 Å². The molecule has 0 aliphatic heterocycles. The SMILES string of the molecule is CC(CCOc1ccccc1)C(=O)NC1CCC(O)CC1. The average molecular weight is 291 g/mol. The number of benzene rings is 1. The Morgan fingerprint density at radius 1 is 1.29 bits per heavy atom. The summed E-state index contributed by atoms with van der Waals surface area (Å²) in [5.74, 6) is 0.875. The molecule has 1 atom stereocenters. The van der Waals surface area contributed by atoms with E-state index in [1.807, 2.05) is 37.3 Å².